The minimum atomic E-state index is -0.0974. The second-order valence-corrected chi connectivity index (χ2v) is 8.93. The molecule has 0 saturated carbocycles. The van der Waals surface area contributed by atoms with Crippen LogP contribution in [0.2, 0.25) is 0 Å². The van der Waals surface area contributed by atoms with Crippen LogP contribution in [0.1, 0.15) is 55.3 Å². The van der Waals surface area contributed by atoms with Crippen LogP contribution in [0.15, 0.2) is 42.5 Å². The van der Waals surface area contributed by atoms with E-state index in [0.29, 0.717) is 38.9 Å². The van der Waals surface area contributed by atoms with Crippen molar-refractivity contribution in [3.8, 4) is 0 Å². The zero-order chi connectivity index (χ0) is 22.3. The normalized spacial score (nSPS) is 17.8. The van der Waals surface area contributed by atoms with Gasteiger partial charge in [-0.25, -0.2) is 0 Å². The third kappa shape index (κ3) is 5.29. The predicted molar refractivity (Wildman–Crippen MR) is 125 cm³/mol. The average molecular weight is 436 g/mol. The molecule has 2 fully saturated rings. The largest absolute Gasteiger partial charge is 0.355 e. The Morgan fingerprint density at radius 2 is 1.50 bits per heavy atom. The second-order valence-electron chi connectivity index (χ2n) is 8.93. The standard InChI is InChI=1S/C26H33N3O3/c30-24(28-16-5-1-2-6-17-28)12-15-27-25(31)21-13-18-29(19-14-21)26(32)23-11-7-9-20-8-3-4-10-22(20)23/h3-4,7-11,21H,1-2,5-6,12-19H2,(H,27,31). The molecule has 0 radical (unpaired) electrons. The van der Waals surface area contributed by atoms with Crippen molar-refractivity contribution in [2.75, 3.05) is 32.7 Å². The Balaban J connectivity index is 1.24. The van der Waals surface area contributed by atoms with E-state index in [2.05, 4.69) is 5.32 Å². The summed E-state index contributed by atoms with van der Waals surface area (Å²) in [5, 5.41) is 4.97. The van der Waals surface area contributed by atoms with E-state index in [1.807, 2.05) is 52.3 Å². The van der Waals surface area contributed by atoms with Gasteiger partial charge in [0.05, 0.1) is 0 Å². The topological polar surface area (TPSA) is 69.7 Å². The Morgan fingerprint density at radius 3 is 2.25 bits per heavy atom. The van der Waals surface area contributed by atoms with E-state index in [-0.39, 0.29) is 23.6 Å². The van der Waals surface area contributed by atoms with Gasteiger partial charge in [-0.2, -0.15) is 0 Å². The molecule has 2 aromatic carbocycles. The van der Waals surface area contributed by atoms with Gasteiger partial charge in [-0.05, 0) is 42.5 Å². The molecule has 6 heteroatoms. The fourth-order valence-electron chi connectivity index (χ4n) is 4.84. The molecule has 2 heterocycles. The van der Waals surface area contributed by atoms with Gasteiger partial charge in [0.1, 0.15) is 0 Å². The third-order valence-electron chi connectivity index (χ3n) is 6.77. The van der Waals surface area contributed by atoms with Crippen LogP contribution in [-0.2, 0) is 9.59 Å². The van der Waals surface area contributed by atoms with Gasteiger partial charge >= 0.3 is 0 Å². The van der Waals surface area contributed by atoms with Gasteiger partial charge in [0, 0.05) is 50.6 Å². The molecular formula is C26H33N3O3. The minimum absolute atomic E-state index is 0.00549. The number of nitrogens with zero attached hydrogens (tertiary/aromatic N) is 2. The Kier molecular flexibility index (Phi) is 7.40. The molecule has 0 bridgehead atoms. The highest BCUT2D eigenvalue weighted by molar-refractivity contribution is 6.07. The number of fused-ring (bicyclic) bond motifs is 1. The predicted octanol–water partition coefficient (Wildman–Crippen LogP) is 3.60. The third-order valence-corrected chi connectivity index (χ3v) is 6.77. The number of rotatable bonds is 5. The molecule has 0 aromatic heterocycles. The molecule has 2 saturated heterocycles. The lowest BCUT2D eigenvalue weighted by molar-refractivity contribution is -0.131. The molecule has 0 atom stereocenters. The van der Waals surface area contributed by atoms with Crippen LogP contribution in [0.25, 0.3) is 10.8 Å². The number of carbonyl (C=O) groups is 3. The molecule has 1 N–H and O–H groups in total. The highest BCUT2D eigenvalue weighted by Gasteiger charge is 2.28. The van der Waals surface area contributed by atoms with Crippen molar-refractivity contribution >= 4 is 28.5 Å². The van der Waals surface area contributed by atoms with Crippen LogP contribution >= 0.6 is 0 Å². The van der Waals surface area contributed by atoms with Crippen LogP contribution in [0.4, 0.5) is 0 Å². The van der Waals surface area contributed by atoms with Crippen LogP contribution in [0.3, 0.4) is 0 Å². The van der Waals surface area contributed by atoms with E-state index >= 15 is 0 Å². The first-order valence-electron chi connectivity index (χ1n) is 12.0. The van der Waals surface area contributed by atoms with E-state index in [0.717, 1.165) is 42.3 Å². The Bertz CT molecular complexity index is 952. The van der Waals surface area contributed by atoms with Gasteiger partial charge in [-0.3, -0.25) is 14.4 Å². The molecular weight excluding hydrogens is 402 g/mol. The van der Waals surface area contributed by atoms with Gasteiger partial charge in [-0.15, -0.1) is 0 Å². The Hall–Kier alpha value is -2.89. The quantitative estimate of drug-likeness (QED) is 0.780. The molecule has 170 valence electrons. The lowest BCUT2D eigenvalue weighted by Gasteiger charge is -2.31. The lowest BCUT2D eigenvalue weighted by atomic mass is 9.94. The van der Waals surface area contributed by atoms with Crippen molar-refractivity contribution in [3.05, 3.63) is 48.0 Å². The van der Waals surface area contributed by atoms with Crippen molar-refractivity contribution in [1.82, 2.24) is 15.1 Å². The summed E-state index contributed by atoms with van der Waals surface area (Å²) in [6.07, 6.45) is 6.22. The fraction of sp³-hybridized carbons (Fsp3) is 0.500. The molecule has 32 heavy (non-hydrogen) atoms. The van der Waals surface area contributed by atoms with Gasteiger partial charge in [0.15, 0.2) is 0 Å². The number of likely N-dealkylation sites (tertiary alicyclic amines) is 2. The summed E-state index contributed by atoms with van der Waals surface area (Å²) in [6.45, 7) is 3.23. The summed E-state index contributed by atoms with van der Waals surface area (Å²) in [7, 11) is 0. The van der Waals surface area contributed by atoms with Crippen molar-refractivity contribution < 1.29 is 14.4 Å². The lowest BCUT2D eigenvalue weighted by Crippen LogP contribution is -2.43. The zero-order valence-corrected chi connectivity index (χ0v) is 18.7. The number of amides is 3. The van der Waals surface area contributed by atoms with Crippen molar-refractivity contribution in [2.24, 2.45) is 5.92 Å². The van der Waals surface area contributed by atoms with Crippen molar-refractivity contribution in [1.29, 1.82) is 0 Å². The Labute approximate surface area is 189 Å². The van der Waals surface area contributed by atoms with Crippen LogP contribution in [0, 0.1) is 5.92 Å². The number of carbonyl (C=O) groups excluding carboxylic acids is 3. The molecule has 3 amide bonds. The van der Waals surface area contributed by atoms with Crippen molar-refractivity contribution in [3.63, 3.8) is 0 Å². The first-order valence-corrected chi connectivity index (χ1v) is 12.0. The smallest absolute Gasteiger partial charge is 0.254 e. The van der Waals surface area contributed by atoms with E-state index in [4.69, 9.17) is 0 Å². The number of piperidine rings is 1. The molecule has 0 spiro atoms. The summed E-state index contributed by atoms with van der Waals surface area (Å²) >= 11 is 0. The molecule has 6 nitrogen and oxygen atoms in total. The SMILES string of the molecule is O=C(NCCC(=O)N1CCCCCC1)C1CCN(C(=O)c2cccc3ccccc23)CC1. The first kappa shape index (κ1) is 22.3. The maximum Gasteiger partial charge on any atom is 0.254 e. The van der Waals surface area contributed by atoms with E-state index in [1.54, 1.807) is 0 Å². The van der Waals surface area contributed by atoms with Crippen LogP contribution in [0.5, 0.6) is 0 Å². The second kappa shape index (κ2) is 10.6. The van der Waals surface area contributed by atoms with E-state index in [1.165, 1.54) is 12.8 Å². The molecule has 0 aliphatic carbocycles. The maximum atomic E-state index is 13.1. The van der Waals surface area contributed by atoms with Gasteiger partial charge in [0.2, 0.25) is 11.8 Å². The Morgan fingerprint density at radius 1 is 0.812 bits per heavy atom. The van der Waals surface area contributed by atoms with Gasteiger partial charge in [-0.1, -0.05) is 49.2 Å². The number of hydrogen-bond acceptors (Lipinski definition) is 3. The summed E-state index contributed by atoms with van der Waals surface area (Å²) in [5.74, 6) is 0.0807. The summed E-state index contributed by atoms with van der Waals surface area (Å²) in [4.78, 5) is 41.9. The maximum absolute atomic E-state index is 13.1. The van der Waals surface area contributed by atoms with Crippen molar-refractivity contribution in [2.45, 2.75) is 44.9 Å². The molecule has 2 aromatic rings. The number of nitrogens with one attached hydrogen (secondary N) is 1. The van der Waals surface area contributed by atoms with Crippen LogP contribution < -0.4 is 5.32 Å². The molecule has 2 aliphatic rings. The van der Waals surface area contributed by atoms with E-state index < -0.39 is 0 Å². The average Bonchev–Trinajstić information content (AvgIpc) is 3.13. The minimum Gasteiger partial charge on any atom is -0.355 e. The highest BCUT2D eigenvalue weighted by Crippen LogP contribution is 2.23. The van der Waals surface area contributed by atoms with E-state index in [9.17, 15) is 14.4 Å². The van der Waals surface area contributed by atoms with Gasteiger partial charge < -0.3 is 15.1 Å². The number of hydrogen-bond donors (Lipinski definition) is 1. The monoisotopic (exact) mass is 435 g/mol. The fourth-order valence-corrected chi connectivity index (χ4v) is 4.84. The van der Waals surface area contributed by atoms with Gasteiger partial charge in [0.25, 0.3) is 5.91 Å². The molecule has 2 aliphatic heterocycles. The van der Waals surface area contributed by atoms with Crippen LogP contribution in [-0.4, -0.2) is 60.2 Å². The summed E-state index contributed by atoms with van der Waals surface area (Å²) in [6, 6.07) is 13.7. The zero-order valence-electron chi connectivity index (χ0n) is 18.7. The summed E-state index contributed by atoms with van der Waals surface area (Å²) < 4.78 is 0. The molecule has 0 unspecified atom stereocenters. The molecule has 4 rings (SSSR count). The highest BCUT2D eigenvalue weighted by atomic mass is 16.2. The number of benzene rings is 2. The first-order chi connectivity index (χ1) is 15.6. The summed E-state index contributed by atoms with van der Waals surface area (Å²) in [5.41, 5.74) is 0.720.